The summed E-state index contributed by atoms with van der Waals surface area (Å²) in [4.78, 5) is 6.94. The van der Waals surface area contributed by atoms with Gasteiger partial charge in [0.2, 0.25) is 5.88 Å². The maximum Gasteiger partial charge on any atom is 0.221 e. The van der Waals surface area contributed by atoms with Crippen LogP contribution in [0.4, 0.5) is 0 Å². The fraction of sp³-hybridized carbons (Fsp3) is 0.438. The summed E-state index contributed by atoms with van der Waals surface area (Å²) in [5, 5.41) is 2.24. The molecule has 3 nitrogen and oxygen atoms in total. The summed E-state index contributed by atoms with van der Waals surface area (Å²) < 4.78 is 7.12. The van der Waals surface area contributed by atoms with Crippen molar-refractivity contribution >= 4 is 26.7 Å². The maximum atomic E-state index is 6.04. The molecular formula is C16H19BrN2O. The molecule has 0 bridgehead atoms. The van der Waals surface area contributed by atoms with Crippen LogP contribution in [0.1, 0.15) is 18.5 Å². The minimum Gasteiger partial charge on any atom is -0.476 e. The highest BCUT2D eigenvalue weighted by Crippen LogP contribution is 2.30. The van der Waals surface area contributed by atoms with E-state index in [9.17, 15) is 0 Å². The third kappa shape index (κ3) is 2.67. The molecule has 2 aromatic rings. The number of aryl methyl sites for hydroxylation is 1. The minimum atomic E-state index is 0.513. The van der Waals surface area contributed by atoms with Crippen molar-refractivity contribution in [2.45, 2.75) is 25.8 Å². The van der Waals surface area contributed by atoms with E-state index in [-0.39, 0.29) is 0 Å². The summed E-state index contributed by atoms with van der Waals surface area (Å²) in [7, 11) is 2.17. The van der Waals surface area contributed by atoms with Crippen molar-refractivity contribution in [1.29, 1.82) is 0 Å². The van der Waals surface area contributed by atoms with Crippen molar-refractivity contribution in [2.24, 2.45) is 0 Å². The fourth-order valence-corrected chi connectivity index (χ4v) is 3.29. The molecule has 3 rings (SSSR count). The van der Waals surface area contributed by atoms with Gasteiger partial charge in [-0.25, -0.2) is 4.98 Å². The molecule has 1 aromatic carbocycles. The summed E-state index contributed by atoms with van der Waals surface area (Å²) in [6, 6.07) is 8.75. The highest BCUT2D eigenvalue weighted by atomic mass is 79.9. The number of ether oxygens (including phenoxy) is 1. The molecule has 20 heavy (non-hydrogen) atoms. The second-order valence-corrected chi connectivity index (χ2v) is 6.35. The molecule has 1 aromatic heterocycles. The molecule has 0 radical (unpaired) electrons. The summed E-state index contributed by atoms with van der Waals surface area (Å²) in [5.41, 5.74) is 0.985. The van der Waals surface area contributed by atoms with Gasteiger partial charge in [0.25, 0.3) is 0 Å². The lowest BCUT2D eigenvalue weighted by atomic mass is 10.1. The molecule has 2 heterocycles. The van der Waals surface area contributed by atoms with Gasteiger partial charge in [-0.05, 0) is 51.6 Å². The molecule has 1 saturated heterocycles. The zero-order valence-electron chi connectivity index (χ0n) is 11.9. The Hall–Kier alpha value is -1.13. The average Bonchev–Trinajstić information content (AvgIpc) is 2.83. The number of benzene rings is 1. The van der Waals surface area contributed by atoms with Crippen LogP contribution in [0.3, 0.4) is 0 Å². The Balaban J connectivity index is 1.89. The van der Waals surface area contributed by atoms with Crippen molar-refractivity contribution in [3.05, 3.63) is 34.4 Å². The molecule has 0 N–H and O–H groups in total. The lowest BCUT2D eigenvalue weighted by molar-refractivity contribution is 0.195. The van der Waals surface area contributed by atoms with Crippen molar-refractivity contribution in [1.82, 2.24) is 9.88 Å². The van der Waals surface area contributed by atoms with Gasteiger partial charge in [0.1, 0.15) is 6.61 Å². The molecule has 0 amide bonds. The first-order valence-electron chi connectivity index (χ1n) is 7.04. The number of rotatable bonds is 3. The molecule has 106 valence electrons. The smallest absolute Gasteiger partial charge is 0.221 e. The van der Waals surface area contributed by atoms with Gasteiger partial charge in [0.15, 0.2) is 0 Å². The quantitative estimate of drug-likeness (QED) is 0.854. The normalized spacial score (nSPS) is 19.6. The van der Waals surface area contributed by atoms with Crippen molar-refractivity contribution in [2.75, 3.05) is 20.2 Å². The van der Waals surface area contributed by atoms with Gasteiger partial charge < -0.3 is 9.64 Å². The number of hydrogen-bond acceptors (Lipinski definition) is 3. The van der Waals surface area contributed by atoms with Crippen LogP contribution in [-0.2, 0) is 0 Å². The number of pyridine rings is 1. The van der Waals surface area contributed by atoms with E-state index < -0.39 is 0 Å². The maximum absolute atomic E-state index is 6.04. The second-order valence-electron chi connectivity index (χ2n) is 5.49. The molecule has 0 saturated carbocycles. The molecule has 0 spiro atoms. The Kier molecular flexibility index (Phi) is 3.94. The van der Waals surface area contributed by atoms with Crippen LogP contribution in [0, 0.1) is 6.92 Å². The van der Waals surface area contributed by atoms with Crippen LogP contribution >= 0.6 is 15.9 Å². The topological polar surface area (TPSA) is 25.4 Å². The van der Waals surface area contributed by atoms with Crippen LogP contribution < -0.4 is 4.74 Å². The Labute approximate surface area is 128 Å². The molecule has 1 fully saturated rings. The van der Waals surface area contributed by atoms with E-state index in [1.165, 1.54) is 19.4 Å². The van der Waals surface area contributed by atoms with Crippen LogP contribution in [0.25, 0.3) is 10.8 Å². The van der Waals surface area contributed by atoms with Crippen molar-refractivity contribution < 1.29 is 4.74 Å². The van der Waals surface area contributed by atoms with Gasteiger partial charge in [-0.2, -0.15) is 0 Å². The Morgan fingerprint density at radius 3 is 3.00 bits per heavy atom. The number of likely N-dealkylation sites (N-methyl/N-ethyl adjacent to an activating group) is 1. The Bertz CT molecular complexity index is 629. The van der Waals surface area contributed by atoms with Gasteiger partial charge in [-0.3, -0.25) is 0 Å². The molecule has 4 heteroatoms. The van der Waals surface area contributed by atoms with E-state index in [1.54, 1.807) is 0 Å². The number of halogens is 1. The van der Waals surface area contributed by atoms with Gasteiger partial charge in [-0.1, -0.05) is 22.0 Å². The first-order valence-corrected chi connectivity index (χ1v) is 7.83. The number of hydrogen-bond donors (Lipinski definition) is 0. The molecular weight excluding hydrogens is 316 g/mol. The fourth-order valence-electron chi connectivity index (χ4n) is 2.81. The zero-order valence-corrected chi connectivity index (χ0v) is 13.5. The van der Waals surface area contributed by atoms with Crippen LogP contribution in [-0.4, -0.2) is 36.1 Å². The van der Waals surface area contributed by atoms with Crippen molar-refractivity contribution in [3.8, 4) is 5.88 Å². The van der Waals surface area contributed by atoms with Gasteiger partial charge in [-0.15, -0.1) is 0 Å². The van der Waals surface area contributed by atoms with E-state index >= 15 is 0 Å². The first-order chi connectivity index (χ1) is 9.65. The van der Waals surface area contributed by atoms with E-state index in [2.05, 4.69) is 51.1 Å². The number of likely N-dealkylation sites (tertiary alicyclic amines) is 1. The monoisotopic (exact) mass is 334 g/mol. The molecule has 1 aliphatic rings. The van der Waals surface area contributed by atoms with Crippen molar-refractivity contribution in [3.63, 3.8) is 0 Å². The highest BCUT2D eigenvalue weighted by Gasteiger charge is 2.22. The average molecular weight is 335 g/mol. The standard InChI is InChI=1S/C16H19BrN2O/c1-11-9-14-13(6-3-7-15(14)17)16(18-11)20-10-12-5-4-8-19(12)2/h3,6-7,9,12H,4-5,8,10H2,1-2H3. The number of nitrogens with zero attached hydrogens (tertiary/aromatic N) is 2. The number of aromatic nitrogens is 1. The Morgan fingerprint density at radius 2 is 2.25 bits per heavy atom. The number of fused-ring (bicyclic) bond motifs is 1. The lowest BCUT2D eigenvalue weighted by Crippen LogP contribution is -2.30. The SMILES string of the molecule is Cc1cc2c(Br)cccc2c(OCC2CCCN2C)n1. The third-order valence-electron chi connectivity index (χ3n) is 4.00. The van der Waals surface area contributed by atoms with Gasteiger partial charge in [0, 0.05) is 27.0 Å². The summed E-state index contributed by atoms with van der Waals surface area (Å²) in [6.07, 6.45) is 2.47. The van der Waals surface area contributed by atoms with E-state index in [1.807, 2.05) is 13.0 Å². The van der Waals surface area contributed by atoms with Gasteiger partial charge >= 0.3 is 0 Å². The van der Waals surface area contributed by atoms with E-state index in [4.69, 9.17) is 4.74 Å². The Morgan fingerprint density at radius 1 is 1.40 bits per heavy atom. The van der Waals surface area contributed by atoms with Gasteiger partial charge in [0.05, 0.1) is 0 Å². The lowest BCUT2D eigenvalue weighted by Gasteiger charge is -2.20. The summed E-state index contributed by atoms with van der Waals surface area (Å²) in [6.45, 7) is 3.89. The summed E-state index contributed by atoms with van der Waals surface area (Å²) >= 11 is 3.60. The molecule has 1 atom stereocenters. The second kappa shape index (κ2) is 5.70. The van der Waals surface area contributed by atoms with E-state index in [0.717, 1.165) is 26.8 Å². The van der Waals surface area contributed by atoms with Crippen LogP contribution in [0.5, 0.6) is 5.88 Å². The molecule has 1 unspecified atom stereocenters. The summed E-state index contributed by atoms with van der Waals surface area (Å²) in [5.74, 6) is 0.751. The third-order valence-corrected chi connectivity index (χ3v) is 4.69. The predicted molar refractivity (Wildman–Crippen MR) is 85.3 cm³/mol. The zero-order chi connectivity index (χ0) is 14.1. The van der Waals surface area contributed by atoms with E-state index in [0.29, 0.717) is 12.6 Å². The predicted octanol–water partition coefficient (Wildman–Crippen LogP) is 3.78. The first kappa shape index (κ1) is 13.8. The molecule has 1 aliphatic heterocycles. The van der Waals surface area contributed by atoms with Crippen LogP contribution in [0.15, 0.2) is 28.7 Å². The largest absolute Gasteiger partial charge is 0.476 e. The van der Waals surface area contributed by atoms with Crippen LogP contribution in [0.2, 0.25) is 0 Å². The molecule has 0 aliphatic carbocycles. The minimum absolute atomic E-state index is 0.513. The highest BCUT2D eigenvalue weighted by molar-refractivity contribution is 9.10.